The normalized spacial score (nSPS) is 15.7. The summed E-state index contributed by atoms with van der Waals surface area (Å²) < 4.78 is 0. The van der Waals surface area contributed by atoms with Gasteiger partial charge in [0.25, 0.3) is 0 Å². The zero-order chi connectivity index (χ0) is 20.6. The predicted octanol–water partition coefficient (Wildman–Crippen LogP) is 3.59. The van der Waals surface area contributed by atoms with Gasteiger partial charge >= 0.3 is 0 Å². The standard InChI is InChI=1S/C25H33N3O/c1-21-11-12-24(22(2)18-21)19-26(3)25(29)20-28-16-14-27(15-17-28)13-7-10-23-8-5-4-6-9-23/h4-12,18H,13-17,19-20H2,1-3H3/b10-7+. The van der Waals surface area contributed by atoms with E-state index in [9.17, 15) is 4.79 Å². The molecule has 0 bridgehead atoms. The average molecular weight is 392 g/mol. The van der Waals surface area contributed by atoms with Crippen LogP contribution in [0, 0.1) is 13.8 Å². The number of nitrogens with zero attached hydrogens (tertiary/aromatic N) is 3. The molecule has 0 aliphatic carbocycles. The molecule has 1 fully saturated rings. The van der Waals surface area contributed by atoms with Gasteiger partial charge in [0.2, 0.25) is 5.91 Å². The largest absolute Gasteiger partial charge is 0.340 e. The van der Waals surface area contributed by atoms with Crippen LogP contribution >= 0.6 is 0 Å². The van der Waals surface area contributed by atoms with Crippen molar-refractivity contribution in [1.82, 2.24) is 14.7 Å². The summed E-state index contributed by atoms with van der Waals surface area (Å²) in [5.74, 6) is 0.197. The van der Waals surface area contributed by atoms with E-state index in [2.05, 4.69) is 78.3 Å². The van der Waals surface area contributed by atoms with Gasteiger partial charge in [-0.15, -0.1) is 0 Å². The Labute approximate surface area is 175 Å². The molecule has 0 unspecified atom stereocenters. The number of carbonyl (C=O) groups excluding carboxylic acids is 1. The van der Waals surface area contributed by atoms with E-state index in [4.69, 9.17) is 0 Å². The maximum Gasteiger partial charge on any atom is 0.236 e. The number of carbonyl (C=O) groups is 1. The van der Waals surface area contributed by atoms with Gasteiger partial charge in [-0.3, -0.25) is 14.6 Å². The van der Waals surface area contributed by atoms with Gasteiger partial charge in [0, 0.05) is 46.3 Å². The van der Waals surface area contributed by atoms with Crippen molar-refractivity contribution >= 4 is 12.0 Å². The van der Waals surface area contributed by atoms with Crippen LogP contribution in [-0.2, 0) is 11.3 Å². The van der Waals surface area contributed by atoms with E-state index in [0.29, 0.717) is 13.1 Å². The highest BCUT2D eigenvalue weighted by molar-refractivity contribution is 5.78. The van der Waals surface area contributed by atoms with E-state index in [1.54, 1.807) is 0 Å². The van der Waals surface area contributed by atoms with Gasteiger partial charge in [0.15, 0.2) is 0 Å². The molecule has 0 saturated carbocycles. The zero-order valence-corrected chi connectivity index (χ0v) is 18.0. The first kappa shape index (κ1) is 21.3. The molecule has 2 aromatic rings. The lowest BCUT2D eigenvalue weighted by Crippen LogP contribution is -2.49. The van der Waals surface area contributed by atoms with Crippen molar-refractivity contribution in [2.45, 2.75) is 20.4 Å². The van der Waals surface area contributed by atoms with Crippen LogP contribution in [0.3, 0.4) is 0 Å². The molecular formula is C25H33N3O. The number of amides is 1. The van der Waals surface area contributed by atoms with Crippen molar-refractivity contribution in [3.63, 3.8) is 0 Å². The molecule has 29 heavy (non-hydrogen) atoms. The number of hydrogen-bond donors (Lipinski definition) is 0. The molecule has 1 heterocycles. The smallest absolute Gasteiger partial charge is 0.236 e. The van der Waals surface area contributed by atoms with Crippen LogP contribution in [0.5, 0.6) is 0 Å². The topological polar surface area (TPSA) is 26.8 Å². The van der Waals surface area contributed by atoms with Gasteiger partial charge in [-0.25, -0.2) is 0 Å². The minimum absolute atomic E-state index is 0.197. The molecule has 0 radical (unpaired) electrons. The number of piperazine rings is 1. The summed E-state index contributed by atoms with van der Waals surface area (Å²) in [6, 6.07) is 16.8. The number of benzene rings is 2. The van der Waals surface area contributed by atoms with Gasteiger partial charge in [-0.05, 0) is 30.5 Å². The Kier molecular flexibility index (Phi) is 7.62. The molecular weight excluding hydrogens is 358 g/mol. The molecule has 4 nitrogen and oxygen atoms in total. The highest BCUT2D eigenvalue weighted by Crippen LogP contribution is 2.13. The van der Waals surface area contributed by atoms with E-state index in [1.807, 2.05) is 18.0 Å². The highest BCUT2D eigenvalue weighted by Gasteiger charge is 2.20. The molecule has 2 aromatic carbocycles. The first-order valence-electron chi connectivity index (χ1n) is 10.5. The van der Waals surface area contributed by atoms with Crippen LogP contribution in [0.15, 0.2) is 54.6 Å². The predicted molar refractivity (Wildman–Crippen MR) is 121 cm³/mol. The maximum absolute atomic E-state index is 12.7. The fourth-order valence-electron chi connectivity index (χ4n) is 3.71. The van der Waals surface area contributed by atoms with Crippen LogP contribution in [0.1, 0.15) is 22.3 Å². The summed E-state index contributed by atoms with van der Waals surface area (Å²) in [7, 11) is 1.91. The van der Waals surface area contributed by atoms with Crippen molar-refractivity contribution < 1.29 is 4.79 Å². The van der Waals surface area contributed by atoms with Crippen molar-refractivity contribution in [2.24, 2.45) is 0 Å². The third-order valence-corrected chi connectivity index (χ3v) is 5.63. The van der Waals surface area contributed by atoms with Gasteiger partial charge in [-0.1, -0.05) is 66.2 Å². The van der Waals surface area contributed by atoms with Gasteiger partial charge in [0.1, 0.15) is 0 Å². The lowest BCUT2D eigenvalue weighted by atomic mass is 10.1. The van der Waals surface area contributed by atoms with E-state index in [0.717, 1.165) is 32.7 Å². The highest BCUT2D eigenvalue weighted by atomic mass is 16.2. The van der Waals surface area contributed by atoms with Crippen molar-refractivity contribution in [2.75, 3.05) is 46.3 Å². The van der Waals surface area contributed by atoms with Crippen LogP contribution in [-0.4, -0.2) is 66.9 Å². The summed E-state index contributed by atoms with van der Waals surface area (Å²) in [5.41, 5.74) is 4.98. The van der Waals surface area contributed by atoms with Crippen LogP contribution in [0.25, 0.3) is 6.08 Å². The van der Waals surface area contributed by atoms with Gasteiger partial charge in [-0.2, -0.15) is 0 Å². The monoisotopic (exact) mass is 391 g/mol. The number of aryl methyl sites for hydroxylation is 2. The summed E-state index contributed by atoms with van der Waals surface area (Å²) in [4.78, 5) is 19.2. The summed E-state index contributed by atoms with van der Waals surface area (Å²) in [6.07, 6.45) is 4.41. The number of rotatable bonds is 7. The van der Waals surface area contributed by atoms with Crippen LogP contribution in [0.4, 0.5) is 0 Å². The van der Waals surface area contributed by atoms with Crippen molar-refractivity contribution in [3.05, 3.63) is 76.9 Å². The first-order valence-corrected chi connectivity index (χ1v) is 10.5. The minimum atomic E-state index is 0.197. The molecule has 0 spiro atoms. The molecule has 1 saturated heterocycles. The Morgan fingerprint density at radius 1 is 1.00 bits per heavy atom. The van der Waals surface area contributed by atoms with E-state index in [1.165, 1.54) is 22.3 Å². The summed E-state index contributed by atoms with van der Waals surface area (Å²) in [5, 5.41) is 0. The Bertz CT molecular complexity index is 823. The van der Waals surface area contributed by atoms with Crippen molar-refractivity contribution in [3.8, 4) is 0 Å². The molecule has 0 N–H and O–H groups in total. The van der Waals surface area contributed by atoms with Gasteiger partial charge in [0.05, 0.1) is 6.54 Å². The van der Waals surface area contributed by atoms with E-state index >= 15 is 0 Å². The van der Waals surface area contributed by atoms with Gasteiger partial charge < -0.3 is 4.90 Å². The maximum atomic E-state index is 12.7. The fourth-order valence-corrected chi connectivity index (χ4v) is 3.71. The lowest BCUT2D eigenvalue weighted by Gasteiger charge is -2.34. The van der Waals surface area contributed by atoms with E-state index < -0.39 is 0 Å². The number of hydrogen-bond acceptors (Lipinski definition) is 3. The molecule has 4 heteroatoms. The SMILES string of the molecule is Cc1ccc(CN(C)C(=O)CN2CCN(C/C=C/c3ccccc3)CC2)c(C)c1. The quantitative estimate of drug-likeness (QED) is 0.722. The molecule has 1 amide bonds. The number of likely N-dealkylation sites (N-methyl/N-ethyl adjacent to an activating group) is 1. The molecule has 154 valence electrons. The Hall–Kier alpha value is -2.43. The second kappa shape index (κ2) is 10.4. The van der Waals surface area contributed by atoms with Crippen molar-refractivity contribution in [1.29, 1.82) is 0 Å². The Morgan fingerprint density at radius 3 is 2.38 bits per heavy atom. The Balaban J connectivity index is 1.40. The zero-order valence-electron chi connectivity index (χ0n) is 18.0. The molecule has 3 rings (SSSR count). The Morgan fingerprint density at radius 2 is 1.69 bits per heavy atom. The molecule has 0 aromatic heterocycles. The summed E-state index contributed by atoms with van der Waals surface area (Å²) in [6.45, 7) is 10.3. The fraction of sp³-hybridized carbons (Fsp3) is 0.400. The first-order chi connectivity index (χ1) is 14.0. The minimum Gasteiger partial charge on any atom is -0.340 e. The molecule has 1 aliphatic rings. The molecule has 1 aliphatic heterocycles. The summed E-state index contributed by atoms with van der Waals surface area (Å²) >= 11 is 0. The average Bonchev–Trinajstić information content (AvgIpc) is 2.72. The molecule has 0 atom stereocenters. The van der Waals surface area contributed by atoms with Crippen LogP contribution in [0.2, 0.25) is 0 Å². The lowest BCUT2D eigenvalue weighted by molar-refractivity contribution is -0.132. The third-order valence-electron chi connectivity index (χ3n) is 5.63. The second-order valence-corrected chi connectivity index (χ2v) is 8.07. The van der Waals surface area contributed by atoms with Crippen LogP contribution < -0.4 is 0 Å². The second-order valence-electron chi connectivity index (χ2n) is 8.07. The van der Waals surface area contributed by atoms with E-state index in [-0.39, 0.29) is 5.91 Å². The third kappa shape index (κ3) is 6.55.